The van der Waals surface area contributed by atoms with Gasteiger partial charge in [-0.3, -0.25) is 4.90 Å². The number of hydrogen-bond donors (Lipinski definition) is 1. The summed E-state index contributed by atoms with van der Waals surface area (Å²) in [5.41, 5.74) is 2.98. The van der Waals surface area contributed by atoms with E-state index in [1.54, 1.807) is 7.11 Å². The molecule has 6 heteroatoms. The maximum Gasteiger partial charge on any atom is 0.295 e. The summed E-state index contributed by atoms with van der Waals surface area (Å²) in [5.74, 6) is 1.65. The fourth-order valence-electron chi connectivity index (χ4n) is 3.86. The zero-order valence-electron chi connectivity index (χ0n) is 17.9. The molecule has 1 fully saturated rings. The molecule has 3 aromatic rings. The Hall–Kier alpha value is -2.73. The van der Waals surface area contributed by atoms with Gasteiger partial charge < -0.3 is 19.2 Å². The SMILES string of the molecule is CCCCOc1cc(CN2CCC(Nc3nc4ccccc4o3)CC2)ccc1OC. The number of methoxy groups -OCH3 is 1. The Balaban J connectivity index is 1.30. The number of rotatable bonds is 9. The highest BCUT2D eigenvalue weighted by molar-refractivity contribution is 5.74. The summed E-state index contributed by atoms with van der Waals surface area (Å²) in [6, 6.07) is 15.1. The molecule has 2 aromatic carbocycles. The Labute approximate surface area is 178 Å². The van der Waals surface area contributed by atoms with Crippen molar-refractivity contribution in [1.29, 1.82) is 0 Å². The van der Waals surface area contributed by atoms with E-state index in [9.17, 15) is 0 Å². The predicted molar refractivity (Wildman–Crippen MR) is 119 cm³/mol. The molecule has 160 valence electrons. The molecular formula is C24H31N3O3. The lowest BCUT2D eigenvalue weighted by atomic mass is 10.0. The van der Waals surface area contributed by atoms with Gasteiger partial charge >= 0.3 is 0 Å². The van der Waals surface area contributed by atoms with Gasteiger partial charge in [0, 0.05) is 25.7 Å². The highest BCUT2D eigenvalue weighted by Crippen LogP contribution is 2.29. The van der Waals surface area contributed by atoms with Gasteiger partial charge in [-0.05, 0) is 49.1 Å². The molecule has 0 saturated carbocycles. The summed E-state index contributed by atoms with van der Waals surface area (Å²) in [6.07, 6.45) is 4.30. The number of oxazole rings is 1. The molecule has 30 heavy (non-hydrogen) atoms. The Bertz CT molecular complexity index is 915. The van der Waals surface area contributed by atoms with E-state index < -0.39 is 0 Å². The number of nitrogens with one attached hydrogen (secondary N) is 1. The second-order valence-electron chi connectivity index (χ2n) is 7.87. The van der Waals surface area contributed by atoms with Crippen molar-refractivity contribution in [3.05, 3.63) is 48.0 Å². The Kier molecular flexibility index (Phi) is 6.74. The molecule has 0 unspecified atom stereocenters. The zero-order chi connectivity index (χ0) is 20.8. The van der Waals surface area contributed by atoms with Gasteiger partial charge in [-0.25, -0.2) is 0 Å². The van der Waals surface area contributed by atoms with E-state index in [0.29, 0.717) is 12.1 Å². The standard InChI is InChI=1S/C24H31N3O3/c1-3-4-15-29-23-16-18(9-10-22(23)28-2)17-27-13-11-19(12-14-27)25-24-26-20-7-5-6-8-21(20)30-24/h5-10,16,19H,3-4,11-15,17H2,1-2H3,(H,25,26). The molecule has 0 bridgehead atoms. The Morgan fingerprint density at radius 3 is 2.73 bits per heavy atom. The van der Waals surface area contributed by atoms with Crippen molar-refractivity contribution < 1.29 is 13.9 Å². The molecule has 0 spiro atoms. The number of benzene rings is 2. The lowest BCUT2D eigenvalue weighted by molar-refractivity contribution is 0.209. The number of aromatic nitrogens is 1. The monoisotopic (exact) mass is 409 g/mol. The smallest absolute Gasteiger partial charge is 0.295 e. The van der Waals surface area contributed by atoms with E-state index in [2.05, 4.69) is 34.3 Å². The van der Waals surface area contributed by atoms with Crippen LogP contribution in [-0.2, 0) is 6.54 Å². The van der Waals surface area contributed by atoms with Crippen LogP contribution in [0.25, 0.3) is 11.1 Å². The van der Waals surface area contributed by atoms with E-state index in [-0.39, 0.29) is 0 Å². The van der Waals surface area contributed by atoms with Gasteiger partial charge in [0.1, 0.15) is 5.52 Å². The molecule has 1 aliphatic rings. The van der Waals surface area contributed by atoms with Crippen LogP contribution in [0.1, 0.15) is 38.2 Å². The number of piperidine rings is 1. The van der Waals surface area contributed by atoms with Gasteiger partial charge in [-0.2, -0.15) is 4.98 Å². The normalized spacial score (nSPS) is 15.4. The molecule has 0 amide bonds. The topological polar surface area (TPSA) is 59.8 Å². The van der Waals surface area contributed by atoms with Crippen LogP contribution in [0.5, 0.6) is 11.5 Å². The third kappa shape index (κ3) is 5.05. The number of nitrogens with zero attached hydrogens (tertiary/aromatic N) is 2. The summed E-state index contributed by atoms with van der Waals surface area (Å²) in [7, 11) is 1.69. The Morgan fingerprint density at radius 1 is 1.13 bits per heavy atom. The molecule has 4 rings (SSSR count). The van der Waals surface area contributed by atoms with Crippen LogP contribution in [-0.4, -0.2) is 42.7 Å². The van der Waals surface area contributed by atoms with Crippen LogP contribution in [0.3, 0.4) is 0 Å². The van der Waals surface area contributed by atoms with E-state index in [0.717, 1.165) is 74.5 Å². The van der Waals surface area contributed by atoms with Crippen molar-refractivity contribution in [3.8, 4) is 11.5 Å². The van der Waals surface area contributed by atoms with Gasteiger partial charge in [0.05, 0.1) is 13.7 Å². The number of fused-ring (bicyclic) bond motifs is 1. The van der Waals surface area contributed by atoms with Crippen LogP contribution in [0, 0.1) is 0 Å². The van der Waals surface area contributed by atoms with Gasteiger partial charge in [-0.1, -0.05) is 31.5 Å². The number of para-hydroxylation sites is 2. The highest BCUT2D eigenvalue weighted by atomic mass is 16.5. The first-order valence-electron chi connectivity index (χ1n) is 10.9. The first-order valence-corrected chi connectivity index (χ1v) is 10.9. The lowest BCUT2D eigenvalue weighted by Gasteiger charge is -2.32. The van der Waals surface area contributed by atoms with Crippen LogP contribution in [0.4, 0.5) is 6.01 Å². The maximum atomic E-state index is 5.94. The molecule has 1 aromatic heterocycles. The maximum absolute atomic E-state index is 5.94. The average molecular weight is 410 g/mol. The van der Waals surface area contributed by atoms with Gasteiger partial charge in [0.25, 0.3) is 6.01 Å². The second-order valence-corrected chi connectivity index (χ2v) is 7.87. The van der Waals surface area contributed by atoms with Gasteiger partial charge in [-0.15, -0.1) is 0 Å². The first-order chi connectivity index (χ1) is 14.7. The number of anilines is 1. The zero-order valence-corrected chi connectivity index (χ0v) is 17.9. The molecule has 1 saturated heterocycles. The lowest BCUT2D eigenvalue weighted by Crippen LogP contribution is -2.38. The van der Waals surface area contributed by atoms with E-state index in [4.69, 9.17) is 13.9 Å². The highest BCUT2D eigenvalue weighted by Gasteiger charge is 2.21. The Morgan fingerprint density at radius 2 is 1.97 bits per heavy atom. The van der Waals surface area contributed by atoms with Crippen molar-refractivity contribution >= 4 is 17.1 Å². The van der Waals surface area contributed by atoms with Crippen LogP contribution in [0.2, 0.25) is 0 Å². The van der Waals surface area contributed by atoms with Gasteiger partial charge in [0.15, 0.2) is 17.1 Å². The second kappa shape index (κ2) is 9.85. The summed E-state index contributed by atoms with van der Waals surface area (Å²) < 4.78 is 17.2. The fraction of sp³-hybridized carbons (Fsp3) is 0.458. The van der Waals surface area contributed by atoms with Crippen molar-refractivity contribution in [2.24, 2.45) is 0 Å². The largest absolute Gasteiger partial charge is 0.493 e. The van der Waals surface area contributed by atoms with Crippen molar-refractivity contribution in [2.75, 3.05) is 32.1 Å². The van der Waals surface area contributed by atoms with E-state index in [1.165, 1.54) is 5.56 Å². The van der Waals surface area contributed by atoms with Crippen molar-refractivity contribution in [1.82, 2.24) is 9.88 Å². The van der Waals surface area contributed by atoms with E-state index >= 15 is 0 Å². The fourth-order valence-corrected chi connectivity index (χ4v) is 3.86. The molecule has 2 heterocycles. The third-order valence-electron chi connectivity index (χ3n) is 5.60. The summed E-state index contributed by atoms with van der Waals surface area (Å²) in [6.45, 7) is 5.89. The molecule has 0 aliphatic carbocycles. The van der Waals surface area contributed by atoms with Crippen molar-refractivity contribution in [2.45, 2.75) is 45.2 Å². The molecular weight excluding hydrogens is 378 g/mol. The third-order valence-corrected chi connectivity index (χ3v) is 5.60. The quantitative estimate of drug-likeness (QED) is 0.497. The minimum atomic E-state index is 0.387. The van der Waals surface area contributed by atoms with Gasteiger partial charge in [0.2, 0.25) is 0 Å². The minimum absolute atomic E-state index is 0.387. The molecule has 1 N–H and O–H groups in total. The van der Waals surface area contributed by atoms with Crippen LogP contribution < -0.4 is 14.8 Å². The molecule has 0 atom stereocenters. The summed E-state index contributed by atoms with van der Waals surface area (Å²) >= 11 is 0. The molecule has 6 nitrogen and oxygen atoms in total. The van der Waals surface area contributed by atoms with Crippen molar-refractivity contribution in [3.63, 3.8) is 0 Å². The minimum Gasteiger partial charge on any atom is -0.493 e. The van der Waals surface area contributed by atoms with Crippen LogP contribution in [0.15, 0.2) is 46.9 Å². The number of unbranched alkanes of at least 4 members (excludes halogenated alkanes) is 1. The number of ether oxygens (including phenoxy) is 2. The summed E-state index contributed by atoms with van der Waals surface area (Å²) in [5, 5.41) is 3.47. The molecule has 0 radical (unpaired) electrons. The predicted octanol–water partition coefficient (Wildman–Crippen LogP) is 5.09. The van der Waals surface area contributed by atoms with Crippen LogP contribution >= 0.6 is 0 Å². The summed E-state index contributed by atoms with van der Waals surface area (Å²) in [4.78, 5) is 7.02. The molecule has 1 aliphatic heterocycles. The first kappa shape index (κ1) is 20.5. The van der Waals surface area contributed by atoms with E-state index in [1.807, 2.05) is 30.3 Å². The average Bonchev–Trinajstić information content (AvgIpc) is 3.18. The number of likely N-dealkylation sites (tertiary alicyclic amines) is 1. The number of hydrogen-bond acceptors (Lipinski definition) is 6.